The smallest absolute Gasteiger partial charge is 0.338 e. The van der Waals surface area contributed by atoms with Crippen LogP contribution < -0.4 is 0 Å². The monoisotopic (exact) mass is 278 g/mol. The molecule has 0 saturated carbocycles. The van der Waals surface area contributed by atoms with E-state index in [1.54, 1.807) is 0 Å². The quantitative estimate of drug-likeness (QED) is 0.494. The van der Waals surface area contributed by atoms with E-state index in [4.69, 9.17) is 9.47 Å². The third-order valence-corrected chi connectivity index (χ3v) is 3.26. The van der Waals surface area contributed by atoms with Crippen molar-refractivity contribution >= 4 is 5.97 Å². The number of esters is 1. The Labute approximate surface area is 122 Å². The molecule has 0 spiro atoms. The number of hydrogen-bond donors (Lipinski definition) is 0. The molecule has 0 radical (unpaired) electrons. The van der Waals surface area contributed by atoms with Gasteiger partial charge in [-0.05, 0) is 38.2 Å². The molecule has 3 nitrogen and oxygen atoms in total. The zero-order valence-electron chi connectivity index (χ0n) is 13.1. The summed E-state index contributed by atoms with van der Waals surface area (Å²) in [7, 11) is 0. The summed E-state index contributed by atoms with van der Waals surface area (Å²) >= 11 is 0. The Hall–Kier alpha value is -1.51. The molecule has 0 amide bonds. The third kappa shape index (κ3) is 4.55. The molecule has 3 heteroatoms. The second-order valence-electron chi connectivity index (χ2n) is 5.81. The van der Waals surface area contributed by atoms with Crippen LogP contribution in [0.1, 0.15) is 47.0 Å². The molecule has 0 atom stereocenters. The highest BCUT2D eigenvalue weighted by Gasteiger charge is 2.27. The van der Waals surface area contributed by atoms with Gasteiger partial charge in [-0.3, -0.25) is 0 Å². The van der Waals surface area contributed by atoms with Crippen LogP contribution in [0.5, 0.6) is 0 Å². The van der Waals surface area contributed by atoms with E-state index in [1.165, 1.54) is 5.57 Å². The summed E-state index contributed by atoms with van der Waals surface area (Å²) in [5.74, 6) is 0.416. The molecule has 0 bridgehead atoms. The van der Waals surface area contributed by atoms with Crippen LogP contribution in [0, 0.1) is 5.41 Å². The first kappa shape index (κ1) is 16.5. The molecule has 0 aromatic carbocycles. The highest BCUT2D eigenvalue weighted by molar-refractivity contribution is 5.91. The van der Waals surface area contributed by atoms with Crippen molar-refractivity contribution in [3.63, 3.8) is 0 Å². The van der Waals surface area contributed by atoms with Gasteiger partial charge in [-0.25, -0.2) is 4.79 Å². The fraction of sp³-hybridized carbons (Fsp3) is 0.588. The van der Waals surface area contributed by atoms with Crippen molar-refractivity contribution < 1.29 is 14.3 Å². The normalized spacial score (nSPS) is 15.1. The Bertz CT molecular complexity index is 428. The first-order chi connectivity index (χ1) is 9.43. The van der Waals surface area contributed by atoms with Gasteiger partial charge in [0.25, 0.3) is 0 Å². The fourth-order valence-corrected chi connectivity index (χ4v) is 2.50. The van der Waals surface area contributed by atoms with Crippen LogP contribution in [0.2, 0.25) is 0 Å². The van der Waals surface area contributed by atoms with Gasteiger partial charge in [0.2, 0.25) is 0 Å². The van der Waals surface area contributed by atoms with E-state index in [9.17, 15) is 4.79 Å². The standard InChI is InChI=1S/C17H26O3/c1-6-9-17(4,5)12-13-10-14(16(18)20-8-3)15(11-13)19-7-2/h6,11H,1,7-10,12H2,2-5H3. The van der Waals surface area contributed by atoms with Gasteiger partial charge in [0, 0.05) is 6.42 Å². The number of hydrogen-bond acceptors (Lipinski definition) is 3. The van der Waals surface area contributed by atoms with Gasteiger partial charge < -0.3 is 9.47 Å². The maximum atomic E-state index is 12.0. The number of carbonyl (C=O) groups excluding carboxylic acids is 1. The minimum absolute atomic E-state index is 0.148. The first-order valence-electron chi connectivity index (χ1n) is 7.27. The Morgan fingerprint density at radius 2 is 2.10 bits per heavy atom. The molecule has 0 fully saturated rings. The van der Waals surface area contributed by atoms with E-state index in [0.717, 1.165) is 12.8 Å². The molecule has 112 valence electrons. The van der Waals surface area contributed by atoms with Crippen LogP contribution in [0.25, 0.3) is 0 Å². The lowest BCUT2D eigenvalue weighted by Gasteiger charge is -2.23. The predicted octanol–water partition coefficient (Wildman–Crippen LogP) is 4.16. The molecule has 0 saturated heterocycles. The van der Waals surface area contributed by atoms with Gasteiger partial charge in [0.05, 0.1) is 18.8 Å². The fourth-order valence-electron chi connectivity index (χ4n) is 2.50. The van der Waals surface area contributed by atoms with Gasteiger partial charge in [-0.2, -0.15) is 0 Å². The van der Waals surface area contributed by atoms with Crippen molar-refractivity contribution in [2.45, 2.75) is 47.0 Å². The van der Waals surface area contributed by atoms with Gasteiger partial charge >= 0.3 is 5.97 Å². The molecule has 0 aromatic rings. The topological polar surface area (TPSA) is 35.5 Å². The minimum Gasteiger partial charge on any atom is -0.493 e. The Morgan fingerprint density at radius 3 is 2.65 bits per heavy atom. The van der Waals surface area contributed by atoms with Gasteiger partial charge in [0.15, 0.2) is 0 Å². The summed E-state index contributed by atoms with van der Waals surface area (Å²) in [6.45, 7) is 12.9. The van der Waals surface area contributed by atoms with Crippen molar-refractivity contribution in [3.05, 3.63) is 35.6 Å². The van der Waals surface area contributed by atoms with E-state index >= 15 is 0 Å². The summed E-state index contributed by atoms with van der Waals surface area (Å²) in [6.07, 6.45) is 6.45. The van der Waals surface area contributed by atoms with Crippen LogP contribution in [0.3, 0.4) is 0 Å². The average molecular weight is 278 g/mol. The highest BCUT2D eigenvalue weighted by atomic mass is 16.5. The lowest BCUT2D eigenvalue weighted by molar-refractivity contribution is -0.138. The van der Waals surface area contributed by atoms with E-state index in [2.05, 4.69) is 20.4 Å². The van der Waals surface area contributed by atoms with Crippen LogP contribution in [-0.2, 0) is 14.3 Å². The van der Waals surface area contributed by atoms with Crippen molar-refractivity contribution in [1.29, 1.82) is 0 Å². The third-order valence-electron chi connectivity index (χ3n) is 3.26. The van der Waals surface area contributed by atoms with Crippen molar-refractivity contribution in [3.8, 4) is 0 Å². The molecule has 0 aromatic heterocycles. The van der Waals surface area contributed by atoms with E-state index in [1.807, 2.05) is 26.0 Å². The van der Waals surface area contributed by atoms with Gasteiger partial charge in [-0.1, -0.05) is 25.5 Å². The number of ether oxygens (including phenoxy) is 2. The maximum Gasteiger partial charge on any atom is 0.338 e. The molecule has 1 aliphatic carbocycles. The van der Waals surface area contributed by atoms with Crippen molar-refractivity contribution in [2.75, 3.05) is 13.2 Å². The van der Waals surface area contributed by atoms with Crippen molar-refractivity contribution in [2.24, 2.45) is 5.41 Å². The summed E-state index contributed by atoms with van der Waals surface area (Å²) in [5.41, 5.74) is 2.02. The molecule has 0 N–H and O–H groups in total. The SMILES string of the molecule is C=CCC(C)(C)CC1=CC(OCC)=C(C(=O)OCC)C1. The van der Waals surface area contributed by atoms with E-state index in [0.29, 0.717) is 31.0 Å². The minimum atomic E-state index is -0.260. The average Bonchev–Trinajstić information content (AvgIpc) is 2.72. The van der Waals surface area contributed by atoms with E-state index in [-0.39, 0.29) is 11.4 Å². The second-order valence-corrected chi connectivity index (χ2v) is 5.81. The lowest BCUT2D eigenvalue weighted by Crippen LogP contribution is -2.12. The zero-order chi connectivity index (χ0) is 15.2. The molecular formula is C17H26O3. The maximum absolute atomic E-state index is 12.0. The molecule has 1 aliphatic rings. The van der Waals surface area contributed by atoms with Gasteiger partial charge in [-0.15, -0.1) is 6.58 Å². The van der Waals surface area contributed by atoms with Gasteiger partial charge in [0.1, 0.15) is 5.76 Å². The van der Waals surface area contributed by atoms with Crippen molar-refractivity contribution in [1.82, 2.24) is 0 Å². The molecule has 0 aliphatic heterocycles. The number of rotatable bonds is 8. The summed E-state index contributed by atoms with van der Waals surface area (Å²) < 4.78 is 10.7. The summed E-state index contributed by atoms with van der Waals surface area (Å²) in [6, 6.07) is 0. The molecule has 0 unspecified atom stereocenters. The number of carbonyl (C=O) groups is 1. The molecule has 0 heterocycles. The Kier molecular flexibility index (Phi) is 6.05. The Balaban J connectivity index is 2.79. The van der Waals surface area contributed by atoms with E-state index < -0.39 is 0 Å². The summed E-state index contributed by atoms with van der Waals surface area (Å²) in [5, 5.41) is 0. The van der Waals surface area contributed by atoms with Crippen LogP contribution >= 0.6 is 0 Å². The zero-order valence-corrected chi connectivity index (χ0v) is 13.1. The van der Waals surface area contributed by atoms with Crippen LogP contribution in [0.4, 0.5) is 0 Å². The predicted molar refractivity (Wildman–Crippen MR) is 81.2 cm³/mol. The molecular weight excluding hydrogens is 252 g/mol. The largest absolute Gasteiger partial charge is 0.493 e. The highest BCUT2D eigenvalue weighted by Crippen LogP contribution is 2.37. The first-order valence-corrected chi connectivity index (χ1v) is 7.27. The molecule has 20 heavy (non-hydrogen) atoms. The Morgan fingerprint density at radius 1 is 1.40 bits per heavy atom. The van der Waals surface area contributed by atoms with Crippen LogP contribution in [-0.4, -0.2) is 19.2 Å². The number of allylic oxidation sites excluding steroid dienone is 3. The van der Waals surface area contributed by atoms with Crippen LogP contribution in [0.15, 0.2) is 35.6 Å². The molecule has 1 rings (SSSR count). The summed E-state index contributed by atoms with van der Waals surface area (Å²) in [4.78, 5) is 12.0. The second kappa shape index (κ2) is 7.32. The lowest BCUT2D eigenvalue weighted by atomic mass is 9.82.